The maximum absolute atomic E-state index is 13.7. The van der Waals surface area contributed by atoms with Gasteiger partial charge in [-0.1, -0.05) is 64.0 Å². The number of amides is 2. The van der Waals surface area contributed by atoms with Crippen LogP contribution >= 0.6 is 15.9 Å². The summed E-state index contributed by atoms with van der Waals surface area (Å²) in [7, 11) is -4.06. The number of likely N-dealkylation sites (N-methyl/N-ethyl adjacent to an activating group) is 1. The molecule has 36 heavy (non-hydrogen) atoms. The summed E-state index contributed by atoms with van der Waals surface area (Å²) in [5.74, 6) is -0.799. The van der Waals surface area contributed by atoms with Crippen LogP contribution in [0.2, 0.25) is 0 Å². The number of nitrogens with zero attached hydrogens (tertiary/aromatic N) is 2. The molecule has 9 heteroatoms. The monoisotopic (exact) mass is 571 g/mol. The summed E-state index contributed by atoms with van der Waals surface area (Å²) >= 11 is 3.40. The highest BCUT2D eigenvalue weighted by Gasteiger charge is 2.32. The molecule has 0 aliphatic rings. The average Bonchev–Trinajstić information content (AvgIpc) is 2.87. The van der Waals surface area contributed by atoms with E-state index in [0.717, 1.165) is 19.9 Å². The Balaban J connectivity index is 1.99. The summed E-state index contributed by atoms with van der Waals surface area (Å²) in [5, 5.41) is 2.75. The summed E-state index contributed by atoms with van der Waals surface area (Å²) in [6.45, 7) is 5.43. The molecule has 0 aromatic heterocycles. The van der Waals surface area contributed by atoms with E-state index in [1.165, 1.54) is 17.0 Å². The molecule has 0 unspecified atom stereocenters. The Morgan fingerprint density at radius 1 is 0.944 bits per heavy atom. The Morgan fingerprint density at radius 2 is 1.56 bits per heavy atom. The lowest BCUT2D eigenvalue weighted by atomic mass is 10.1. The van der Waals surface area contributed by atoms with Gasteiger partial charge in [0, 0.05) is 17.6 Å². The maximum Gasteiger partial charge on any atom is 0.264 e. The van der Waals surface area contributed by atoms with Crippen LogP contribution in [-0.2, 0) is 26.2 Å². The molecule has 3 aromatic carbocycles. The number of hydrogen-bond donors (Lipinski definition) is 1. The third-order valence-corrected chi connectivity index (χ3v) is 8.03. The van der Waals surface area contributed by atoms with Crippen molar-refractivity contribution >= 4 is 43.5 Å². The Bertz CT molecular complexity index is 1280. The van der Waals surface area contributed by atoms with Gasteiger partial charge in [-0.25, -0.2) is 8.42 Å². The van der Waals surface area contributed by atoms with Crippen LogP contribution in [0.25, 0.3) is 0 Å². The molecular weight excluding hydrogens is 542 g/mol. The molecule has 190 valence electrons. The first kappa shape index (κ1) is 27.4. The lowest BCUT2D eigenvalue weighted by Crippen LogP contribution is -2.51. The zero-order valence-corrected chi connectivity index (χ0v) is 22.9. The summed E-state index contributed by atoms with van der Waals surface area (Å²) in [6.07, 6.45) is 0. The van der Waals surface area contributed by atoms with E-state index in [0.29, 0.717) is 12.2 Å². The van der Waals surface area contributed by atoms with Gasteiger partial charge in [0.15, 0.2) is 0 Å². The maximum atomic E-state index is 13.7. The molecule has 3 aromatic rings. The average molecular weight is 573 g/mol. The molecule has 0 aliphatic heterocycles. The minimum absolute atomic E-state index is 0.0842. The van der Waals surface area contributed by atoms with E-state index in [1.54, 1.807) is 56.3 Å². The molecule has 7 nitrogen and oxygen atoms in total. The molecule has 0 saturated heterocycles. The van der Waals surface area contributed by atoms with Gasteiger partial charge in [-0.2, -0.15) is 0 Å². The number of aryl methyl sites for hydroxylation is 1. The second kappa shape index (κ2) is 12.2. The molecule has 1 N–H and O–H groups in total. The van der Waals surface area contributed by atoms with Crippen LogP contribution < -0.4 is 9.62 Å². The van der Waals surface area contributed by atoms with Crippen molar-refractivity contribution in [3.05, 3.63) is 94.5 Å². The second-order valence-corrected chi connectivity index (χ2v) is 11.2. The van der Waals surface area contributed by atoms with E-state index >= 15 is 0 Å². The third kappa shape index (κ3) is 6.73. The highest BCUT2D eigenvalue weighted by Crippen LogP contribution is 2.25. The van der Waals surface area contributed by atoms with Crippen molar-refractivity contribution in [1.82, 2.24) is 10.2 Å². The van der Waals surface area contributed by atoms with E-state index in [-0.39, 0.29) is 17.3 Å². The minimum atomic E-state index is -4.06. The quantitative estimate of drug-likeness (QED) is 0.388. The van der Waals surface area contributed by atoms with Crippen LogP contribution in [0.1, 0.15) is 25.0 Å². The first-order valence-corrected chi connectivity index (χ1v) is 13.8. The van der Waals surface area contributed by atoms with E-state index < -0.39 is 28.5 Å². The van der Waals surface area contributed by atoms with E-state index in [1.807, 2.05) is 31.2 Å². The van der Waals surface area contributed by atoms with E-state index in [9.17, 15) is 18.0 Å². The molecule has 1 atom stereocenters. The molecule has 0 fully saturated rings. The van der Waals surface area contributed by atoms with Gasteiger partial charge in [-0.15, -0.1) is 0 Å². The molecular formula is C27H30BrN3O4S. The van der Waals surface area contributed by atoms with Gasteiger partial charge in [-0.3, -0.25) is 13.9 Å². The number of benzene rings is 3. The van der Waals surface area contributed by atoms with Crippen molar-refractivity contribution < 1.29 is 18.0 Å². The number of carbonyl (C=O) groups excluding carboxylic acids is 2. The number of halogens is 1. The Hall–Kier alpha value is -3.17. The number of anilines is 1. The normalized spacial score (nSPS) is 12.0. The minimum Gasteiger partial charge on any atom is -0.355 e. The van der Waals surface area contributed by atoms with Crippen molar-refractivity contribution in [2.24, 2.45) is 0 Å². The van der Waals surface area contributed by atoms with Crippen molar-refractivity contribution in [3.8, 4) is 0 Å². The smallest absolute Gasteiger partial charge is 0.264 e. The van der Waals surface area contributed by atoms with Gasteiger partial charge in [0.25, 0.3) is 10.0 Å². The van der Waals surface area contributed by atoms with Crippen molar-refractivity contribution in [1.29, 1.82) is 0 Å². The Kier molecular flexibility index (Phi) is 9.28. The van der Waals surface area contributed by atoms with Gasteiger partial charge >= 0.3 is 0 Å². The number of sulfonamides is 1. The first-order valence-electron chi connectivity index (χ1n) is 11.6. The topological polar surface area (TPSA) is 86.8 Å². The highest BCUT2D eigenvalue weighted by molar-refractivity contribution is 9.10. The second-order valence-electron chi connectivity index (χ2n) is 8.38. The number of para-hydroxylation sites is 1. The van der Waals surface area contributed by atoms with Gasteiger partial charge in [0.1, 0.15) is 12.6 Å². The molecule has 0 spiro atoms. The SMILES string of the molecule is CCNC(=O)[C@H](C)N(Cc1ccc(Br)cc1)C(=O)CN(c1ccccc1)S(=O)(=O)c1ccc(C)cc1. The van der Waals surface area contributed by atoms with Gasteiger partial charge in [0.05, 0.1) is 10.6 Å². The van der Waals surface area contributed by atoms with Crippen LogP contribution in [0.3, 0.4) is 0 Å². The lowest BCUT2D eigenvalue weighted by molar-refractivity contribution is -0.139. The number of carbonyl (C=O) groups is 2. The zero-order chi connectivity index (χ0) is 26.3. The third-order valence-electron chi connectivity index (χ3n) is 5.72. The van der Waals surface area contributed by atoms with E-state index in [4.69, 9.17) is 0 Å². The molecule has 2 amide bonds. The number of nitrogens with one attached hydrogen (secondary N) is 1. The number of rotatable bonds is 10. The summed E-state index contributed by atoms with van der Waals surface area (Å²) < 4.78 is 29.3. The van der Waals surface area contributed by atoms with Crippen LogP contribution in [0.4, 0.5) is 5.69 Å². The fourth-order valence-corrected chi connectivity index (χ4v) is 5.33. The standard InChI is InChI=1S/C27H30BrN3O4S/c1-4-29-27(33)21(3)30(18-22-12-14-23(28)15-13-22)26(32)19-31(24-8-6-5-7-9-24)36(34,35)25-16-10-20(2)11-17-25/h5-17,21H,4,18-19H2,1-3H3,(H,29,33)/t21-/m0/s1. The zero-order valence-electron chi connectivity index (χ0n) is 20.5. The van der Waals surface area contributed by atoms with Crippen molar-refractivity contribution in [2.45, 2.75) is 38.3 Å². The Morgan fingerprint density at radius 3 is 2.14 bits per heavy atom. The molecule has 0 radical (unpaired) electrons. The van der Waals surface area contributed by atoms with Crippen LogP contribution in [0, 0.1) is 6.92 Å². The fourth-order valence-electron chi connectivity index (χ4n) is 3.65. The largest absolute Gasteiger partial charge is 0.355 e. The van der Waals surface area contributed by atoms with Gasteiger partial charge in [-0.05, 0) is 62.7 Å². The van der Waals surface area contributed by atoms with Crippen LogP contribution in [0.5, 0.6) is 0 Å². The lowest BCUT2D eigenvalue weighted by Gasteiger charge is -2.32. The molecule has 0 heterocycles. The van der Waals surface area contributed by atoms with Crippen LogP contribution in [0.15, 0.2) is 88.2 Å². The van der Waals surface area contributed by atoms with Gasteiger partial charge in [0.2, 0.25) is 11.8 Å². The molecule has 3 rings (SSSR count). The molecule has 0 saturated carbocycles. The summed E-state index contributed by atoms with van der Waals surface area (Å²) in [6, 6.07) is 21.6. The summed E-state index contributed by atoms with van der Waals surface area (Å²) in [4.78, 5) is 27.9. The predicted octanol–water partition coefficient (Wildman–Crippen LogP) is 4.51. The molecule has 0 bridgehead atoms. The highest BCUT2D eigenvalue weighted by atomic mass is 79.9. The first-order chi connectivity index (χ1) is 17.1. The predicted molar refractivity (Wildman–Crippen MR) is 145 cm³/mol. The van der Waals surface area contributed by atoms with E-state index in [2.05, 4.69) is 21.2 Å². The van der Waals surface area contributed by atoms with Crippen LogP contribution in [-0.4, -0.2) is 44.3 Å². The van der Waals surface area contributed by atoms with Crippen molar-refractivity contribution in [3.63, 3.8) is 0 Å². The number of hydrogen-bond acceptors (Lipinski definition) is 4. The van der Waals surface area contributed by atoms with Crippen molar-refractivity contribution in [2.75, 3.05) is 17.4 Å². The molecule has 0 aliphatic carbocycles. The Labute approximate surface area is 221 Å². The van der Waals surface area contributed by atoms with Gasteiger partial charge < -0.3 is 10.2 Å². The summed E-state index contributed by atoms with van der Waals surface area (Å²) in [5.41, 5.74) is 2.10. The fraction of sp³-hybridized carbons (Fsp3) is 0.259.